The minimum Gasteiger partial charge on any atom is -0.481 e. The molecule has 6 nitrogen and oxygen atoms in total. The number of rotatable bonds is 6. The second-order valence-corrected chi connectivity index (χ2v) is 5.85. The summed E-state index contributed by atoms with van der Waals surface area (Å²) in [7, 11) is 0. The van der Waals surface area contributed by atoms with E-state index in [4.69, 9.17) is 5.11 Å². The molecule has 1 aliphatic rings. The van der Waals surface area contributed by atoms with Crippen molar-refractivity contribution >= 4 is 11.9 Å². The fourth-order valence-electron chi connectivity index (χ4n) is 2.51. The van der Waals surface area contributed by atoms with Gasteiger partial charge in [0.25, 0.3) is 0 Å². The summed E-state index contributed by atoms with van der Waals surface area (Å²) >= 11 is 0. The molecule has 0 fully saturated rings. The van der Waals surface area contributed by atoms with Crippen molar-refractivity contribution in [3.63, 3.8) is 0 Å². The lowest BCUT2D eigenvalue weighted by Gasteiger charge is -2.37. The average Bonchev–Trinajstić information content (AvgIpc) is 2.60. The summed E-state index contributed by atoms with van der Waals surface area (Å²) in [5.41, 5.74) is -0.155. The number of hydrogen-bond donors (Lipinski definition) is 4. The predicted molar refractivity (Wildman–Crippen MR) is 95.0 cm³/mol. The maximum atomic E-state index is 11.4. The molecule has 2 rings (SSSR count). The van der Waals surface area contributed by atoms with E-state index in [-0.39, 0.29) is 5.57 Å². The first-order chi connectivity index (χ1) is 11.9. The Balaban J connectivity index is 0.000000705. The molecule has 2 unspecified atom stereocenters. The lowest BCUT2D eigenvalue weighted by Crippen LogP contribution is -2.54. The second-order valence-electron chi connectivity index (χ2n) is 5.85. The lowest BCUT2D eigenvalue weighted by molar-refractivity contribution is -0.142. The minimum atomic E-state index is -1.16. The van der Waals surface area contributed by atoms with Gasteiger partial charge in [-0.1, -0.05) is 55.5 Å². The zero-order valence-electron chi connectivity index (χ0n) is 14.5. The van der Waals surface area contributed by atoms with Gasteiger partial charge >= 0.3 is 11.9 Å². The summed E-state index contributed by atoms with van der Waals surface area (Å²) in [5.74, 6) is -3.10. The van der Waals surface area contributed by atoms with Gasteiger partial charge in [-0.3, -0.25) is 4.79 Å². The summed E-state index contributed by atoms with van der Waals surface area (Å²) in [6.45, 7) is 4.25. The molecule has 0 radical (unpaired) electrons. The molecule has 1 aliphatic carbocycles. The number of carbonyl (C=O) groups is 2. The van der Waals surface area contributed by atoms with Crippen molar-refractivity contribution in [3.8, 4) is 0 Å². The first-order valence-electron chi connectivity index (χ1n) is 8.11. The van der Waals surface area contributed by atoms with Crippen LogP contribution in [0.25, 0.3) is 0 Å². The largest absolute Gasteiger partial charge is 0.481 e. The SMILES string of the molecule is CC1(NCc2ccccc2)C(C(=O)O)=CC=CC1C(=O)O.CCCO. The third-order valence-corrected chi connectivity index (χ3v) is 3.97. The summed E-state index contributed by atoms with van der Waals surface area (Å²) < 4.78 is 0. The zero-order chi connectivity index (χ0) is 18.9. The van der Waals surface area contributed by atoms with Crippen LogP contribution in [0.5, 0.6) is 0 Å². The van der Waals surface area contributed by atoms with Gasteiger partial charge < -0.3 is 20.6 Å². The molecule has 136 valence electrons. The number of aliphatic carboxylic acids is 2. The summed E-state index contributed by atoms with van der Waals surface area (Å²) in [4.78, 5) is 22.9. The Morgan fingerprint density at radius 2 is 1.80 bits per heavy atom. The van der Waals surface area contributed by atoms with E-state index in [1.807, 2.05) is 37.3 Å². The van der Waals surface area contributed by atoms with Crippen LogP contribution >= 0.6 is 0 Å². The van der Waals surface area contributed by atoms with Crippen molar-refractivity contribution in [2.24, 2.45) is 5.92 Å². The van der Waals surface area contributed by atoms with Gasteiger partial charge in [0, 0.05) is 13.2 Å². The minimum absolute atomic E-state index is 0.0494. The average molecular weight is 347 g/mol. The number of hydrogen-bond acceptors (Lipinski definition) is 4. The van der Waals surface area contributed by atoms with Crippen LogP contribution in [0, 0.1) is 5.92 Å². The molecule has 0 saturated heterocycles. The molecule has 0 bridgehead atoms. The monoisotopic (exact) mass is 347 g/mol. The zero-order valence-corrected chi connectivity index (χ0v) is 14.5. The molecular weight excluding hydrogens is 322 g/mol. The van der Waals surface area contributed by atoms with E-state index in [1.54, 1.807) is 6.92 Å². The number of nitrogens with one attached hydrogen (secondary N) is 1. The third-order valence-electron chi connectivity index (χ3n) is 3.97. The normalized spacial score (nSPS) is 21.7. The quantitative estimate of drug-likeness (QED) is 0.628. The molecule has 25 heavy (non-hydrogen) atoms. The van der Waals surface area contributed by atoms with Crippen LogP contribution in [-0.4, -0.2) is 39.4 Å². The van der Waals surface area contributed by atoms with Crippen molar-refractivity contribution in [3.05, 3.63) is 59.7 Å². The maximum Gasteiger partial charge on any atom is 0.333 e. The van der Waals surface area contributed by atoms with Crippen molar-refractivity contribution in [1.29, 1.82) is 0 Å². The fourth-order valence-corrected chi connectivity index (χ4v) is 2.51. The van der Waals surface area contributed by atoms with Crippen LogP contribution in [0.1, 0.15) is 25.8 Å². The van der Waals surface area contributed by atoms with Gasteiger partial charge in [0.15, 0.2) is 0 Å². The van der Waals surface area contributed by atoms with Crippen LogP contribution < -0.4 is 5.32 Å². The molecular formula is C19H25NO5. The van der Waals surface area contributed by atoms with Gasteiger partial charge in [-0.25, -0.2) is 4.79 Å². The van der Waals surface area contributed by atoms with Gasteiger partial charge in [0.05, 0.1) is 17.0 Å². The van der Waals surface area contributed by atoms with Crippen LogP contribution in [-0.2, 0) is 16.1 Å². The molecule has 0 aromatic heterocycles. The van der Waals surface area contributed by atoms with Crippen molar-refractivity contribution < 1.29 is 24.9 Å². The Labute approximate surface area is 147 Å². The van der Waals surface area contributed by atoms with Crippen LogP contribution in [0.15, 0.2) is 54.1 Å². The number of carboxylic acid groups (broad SMARTS) is 2. The molecule has 1 aromatic rings. The molecule has 1 aromatic carbocycles. The molecule has 4 N–H and O–H groups in total. The Morgan fingerprint density at radius 3 is 2.28 bits per heavy atom. The molecule has 0 spiro atoms. The van der Waals surface area contributed by atoms with E-state index >= 15 is 0 Å². The van der Waals surface area contributed by atoms with Gasteiger partial charge in [0.2, 0.25) is 0 Å². The number of aliphatic hydroxyl groups is 1. The van der Waals surface area contributed by atoms with E-state index in [9.17, 15) is 19.8 Å². The van der Waals surface area contributed by atoms with Gasteiger partial charge in [-0.15, -0.1) is 0 Å². The van der Waals surface area contributed by atoms with Crippen molar-refractivity contribution in [1.82, 2.24) is 5.32 Å². The molecule has 6 heteroatoms. The molecule has 0 heterocycles. The van der Waals surface area contributed by atoms with Gasteiger partial charge in [-0.05, 0) is 18.9 Å². The van der Waals surface area contributed by atoms with Crippen LogP contribution in [0.2, 0.25) is 0 Å². The smallest absolute Gasteiger partial charge is 0.333 e. The van der Waals surface area contributed by atoms with E-state index in [1.165, 1.54) is 18.2 Å². The second kappa shape index (κ2) is 9.76. The summed E-state index contributed by atoms with van der Waals surface area (Å²) in [6.07, 6.45) is 5.31. The predicted octanol–water partition coefficient (Wildman–Crippen LogP) is 2.21. The van der Waals surface area contributed by atoms with E-state index in [0.29, 0.717) is 13.2 Å². The lowest BCUT2D eigenvalue weighted by atomic mass is 9.75. The van der Waals surface area contributed by atoms with E-state index in [2.05, 4.69) is 5.32 Å². The number of carboxylic acids is 2. The van der Waals surface area contributed by atoms with E-state index < -0.39 is 23.4 Å². The Bertz CT molecular complexity index is 636. The van der Waals surface area contributed by atoms with Crippen LogP contribution in [0.4, 0.5) is 0 Å². The molecule has 2 atom stereocenters. The van der Waals surface area contributed by atoms with Crippen molar-refractivity contribution in [2.45, 2.75) is 32.4 Å². The molecule has 0 saturated carbocycles. The Morgan fingerprint density at radius 1 is 1.20 bits per heavy atom. The highest BCUT2D eigenvalue weighted by atomic mass is 16.4. The molecule has 0 aliphatic heterocycles. The molecule has 0 amide bonds. The highest BCUT2D eigenvalue weighted by Gasteiger charge is 2.44. The summed E-state index contributed by atoms with van der Waals surface area (Å²) in [5, 5.41) is 29.7. The van der Waals surface area contributed by atoms with Crippen LogP contribution in [0.3, 0.4) is 0 Å². The standard InChI is InChI=1S/C16H17NO4.C3H8O/c1-16(17-10-11-6-3-2-4-7-11)12(14(18)19)8-5-9-13(16)15(20)21;1-2-3-4/h2-9,12,17H,10H2,1H3,(H,18,19)(H,20,21);4H,2-3H2,1H3. The summed E-state index contributed by atoms with van der Waals surface area (Å²) in [6, 6.07) is 9.44. The first kappa shape index (κ1) is 20.6. The van der Waals surface area contributed by atoms with E-state index in [0.717, 1.165) is 12.0 Å². The topological polar surface area (TPSA) is 107 Å². The third kappa shape index (κ3) is 5.55. The maximum absolute atomic E-state index is 11.4. The highest BCUT2D eigenvalue weighted by molar-refractivity contribution is 5.92. The van der Waals surface area contributed by atoms with Gasteiger partial charge in [0.1, 0.15) is 0 Å². The number of benzene rings is 1. The van der Waals surface area contributed by atoms with Crippen molar-refractivity contribution in [2.75, 3.05) is 6.61 Å². The van der Waals surface area contributed by atoms with Gasteiger partial charge in [-0.2, -0.15) is 0 Å². The number of allylic oxidation sites excluding steroid dienone is 2. The fraction of sp³-hybridized carbons (Fsp3) is 0.368. The highest BCUT2D eigenvalue weighted by Crippen LogP contribution is 2.31. The Hall–Kier alpha value is -2.44. The first-order valence-corrected chi connectivity index (χ1v) is 8.11. The number of aliphatic hydroxyl groups excluding tert-OH is 1. The Kier molecular flexibility index (Phi) is 8.04.